The number of methoxy groups -OCH3 is 1. The van der Waals surface area contributed by atoms with Crippen molar-refractivity contribution < 1.29 is 19.4 Å². The minimum absolute atomic E-state index is 0.208. The second kappa shape index (κ2) is 8.37. The average Bonchev–Trinajstić information content (AvgIpc) is 2.42. The van der Waals surface area contributed by atoms with Crippen LogP contribution in [-0.2, 0) is 4.74 Å². The Balaban J connectivity index is 2.41. The van der Waals surface area contributed by atoms with Gasteiger partial charge < -0.3 is 20.3 Å². The minimum atomic E-state index is -0.432. The van der Waals surface area contributed by atoms with Crippen LogP contribution in [-0.4, -0.2) is 31.4 Å². The number of benzene rings is 1. The van der Waals surface area contributed by atoms with Crippen molar-refractivity contribution in [2.75, 3.05) is 26.1 Å². The largest absolute Gasteiger partial charge is 0.495 e. The highest BCUT2D eigenvalue weighted by Gasteiger charge is 2.13. The zero-order valence-electron chi connectivity index (χ0n) is 11.2. The Hall–Kier alpha value is -1.75. The van der Waals surface area contributed by atoms with Gasteiger partial charge in [-0.25, -0.2) is 4.79 Å². The van der Waals surface area contributed by atoms with Crippen LogP contribution in [0.2, 0.25) is 0 Å². The van der Waals surface area contributed by atoms with Gasteiger partial charge in [-0.05, 0) is 31.4 Å². The molecule has 0 bridgehead atoms. The Morgan fingerprint density at radius 2 is 2.00 bits per heavy atom. The Kier molecular flexibility index (Phi) is 6.74. The molecule has 0 radical (unpaired) electrons. The summed E-state index contributed by atoms with van der Waals surface area (Å²) in [5, 5.41) is 8.63. The number of esters is 1. The summed E-state index contributed by atoms with van der Waals surface area (Å²) in [6.07, 6.45) is 3.45. The van der Waals surface area contributed by atoms with E-state index >= 15 is 0 Å². The number of carbonyl (C=O) groups excluding carboxylic acids is 1. The van der Waals surface area contributed by atoms with Crippen molar-refractivity contribution >= 4 is 11.7 Å². The van der Waals surface area contributed by atoms with Crippen molar-refractivity contribution in [3.8, 4) is 5.75 Å². The molecule has 0 aliphatic rings. The van der Waals surface area contributed by atoms with Crippen molar-refractivity contribution in [2.24, 2.45) is 0 Å². The molecule has 0 spiro atoms. The molecule has 106 valence electrons. The second-order valence-corrected chi connectivity index (χ2v) is 4.20. The normalized spacial score (nSPS) is 10.2. The molecule has 0 aromatic heterocycles. The van der Waals surface area contributed by atoms with E-state index in [0.29, 0.717) is 23.6 Å². The van der Waals surface area contributed by atoms with E-state index in [4.69, 9.17) is 20.3 Å². The van der Waals surface area contributed by atoms with Crippen LogP contribution in [0.4, 0.5) is 5.69 Å². The lowest BCUT2D eigenvalue weighted by atomic mass is 10.1. The number of unbranched alkanes of at least 4 members (excludes halogenated alkanes) is 3. The monoisotopic (exact) mass is 267 g/mol. The van der Waals surface area contributed by atoms with E-state index in [2.05, 4.69) is 0 Å². The van der Waals surface area contributed by atoms with Gasteiger partial charge in [-0.2, -0.15) is 0 Å². The standard InChI is InChI=1S/C14H21NO4/c1-18-12-8-6-7-11(13(12)15)14(17)19-10-5-3-2-4-9-16/h6-8,16H,2-5,9-10,15H2,1H3. The zero-order valence-corrected chi connectivity index (χ0v) is 11.2. The van der Waals surface area contributed by atoms with Gasteiger partial charge in [0.2, 0.25) is 0 Å². The minimum Gasteiger partial charge on any atom is -0.495 e. The lowest BCUT2D eigenvalue weighted by molar-refractivity contribution is 0.0498. The van der Waals surface area contributed by atoms with Crippen molar-refractivity contribution in [1.29, 1.82) is 0 Å². The molecule has 0 unspecified atom stereocenters. The number of aliphatic hydroxyl groups excluding tert-OH is 1. The third-order valence-corrected chi connectivity index (χ3v) is 2.79. The maximum atomic E-state index is 11.8. The van der Waals surface area contributed by atoms with Gasteiger partial charge in [-0.1, -0.05) is 12.5 Å². The second-order valence-electron chi connectivity index (χ2n) is 4.20. The molecule has 0 saturated heterocycles. The quantitative estimate of drug-likeness (QED) is 0.427. The Morgan fingerprint density at radius 3 is 2.68 bits per heavy atom. The summed E-state index contributed by atoms with van der Waals surface area (Å²) in [4.78, 5) is 11.8. The van der Waals surface area contributed by atoms with Gasteiger partial charge in [0.15, 0.2) is 0 Å². The van der Waals surface area contributed by atoms with E-state index in [1.54, 1.807) is 18.2 Å². The molecule has 1 aromatic carbocycles. The van der Waals surface area contributed by atoms with E-state index in [1.807, 2.05) is 0 Å². The third kappa shape index (κ3) is 4.79. The molecule has 1 aromatic rings. The van der Waals surface area contributed by atoms with Crippen LogP contribution >= 0.6 is 0 Å². The number of aliphatic hydroxyl groups is 1. The van der Waals surface area contributed by atoms with Gasteiger partial charge in [-0.3, -0.25) is 0 Å². The fraction of sp³-hybridized carbons (Fsp3) is 0.500. The van der Waals surface area contributed by atoms with E-state index in [9.17, 15) is 4.79 Å². The van der Waals surface area contributed by atoms with Crippen LogP contribution in [0.15, 0.2) is 18.2 Å². The molecule has 5 nitrogen and oxygen atoms in total. The molecule has 0 aliphatic heterocycles. The van der Waals surface area contributed by atoms with Crippen molar-refractivity contribution in [2.45, 2.75) is 25.7 Å². The van der Waals surface area contributed by atoms with Crippen LogP contribution < -0.4 is 10.5 Å². The number of anilines is 1. The summed E-state index contributed by atoms with van der Waals surface area (Å²) in [6.45, 7) is 0.570. The summed E-state index contributed by atoms with van der Waals surface area (Å²) in [5.41, 5.74) is 6.44. The maximum absolute atomic E-state index is 11.8. The number of nitrogen functional groups attached to an aromatic ring is 1. The number of hydrogen-bond donors (Lipinski definition) is 2. The van der Waals surface area contributed by atoms with Gasteiger partial charge >= 0.3 is 5.97 Å². The van der Waals surface area contributed by atoms with E-state index in [-0.39, 0.29) is 6.61 Å². The Labute approximate surface area is 113 Å². The van der Waals surface area contributed by atoms with Crippen molar-refractivity contribution in [3.63, 3.8) is 0 Å². The number of rotatable bonds is 8. The predicted octanol–water partition coefficient (Wildman–Crippen LogP) is 1.99. The van der Waals surface area contributed by atoms with E-state index in [1.165, 1.54) is 7.11 Å². The maximum Gasteiger partial charge on any atom is 0.340 e. The smallest absolute Gasteiger partial charge is 0.340 e. The molecule has 3 N–H and O–H groups in total. The van der Waals surface area contributed by atoms with Crippen LogP contribution in [0.25, 0.3) is 0 Å². The molecule has 19 heavy (non-hydrogen) atoms. The van der Waals surface area contributed by atoms with Gasteiger partial charge in [0.05, 0.1) is 25.0 Å². The number of ether oxygens (including phenoxy) is 2. The SMILES string of the molecule is COc1cccc(C(=O)OCCCCCCO)c1N. The molecule has 0 saturated carbocycles. The van der Waals surface area contributed by atoms with E-state index in [0.717, 1.165) is 25.7 Å². The lowest BCUT2D eigenvalue weighted by Gasteiger charge is -2.09. The first-order valence-electron chi connectivity index (χ1n) is 6.41. The van der Waals surface area contributed by atoms with Crippen LogP contribution in [0, 0.1) is 0 Å². The molecular formula is C14H21NO4. The lowest BCUT2D eigenvalue weighted by Crippen LogP contribution is -2.10. The van der Waals surface area contributed by atoms with E-state index < -0.39 is 5.97 Å². The summed E-state index contributed by atoms with van der Waals surface area (Å²) < 4.78 is 10.2. The summed E-state index contributed by atoms with van der Waals surface area (Å²) in [6, 6.07) is 5.01. The summed E-state index contributed by atoms with van der Waals surface area (Å²) >= 11 is 0. The highest BCUT2D eigenvalue weighted by atomic mass is 16.5. The highest BCUT2D eigenvalue weighted by Crippen LogP contribution is 2.25. The number of carbonyl (C=O) groups is 1. The topological polar surface area (TPSA) is 81.8 Å². The average molecular weight is 267 g/mol. The van der Waals surface area contributed by atoms with Crippen molar-refractivity contribution in [1.82, 2.24) is 0 Å². The first-order valence-corrected chi connectivity index (χ1v) is 6.41. The van der Waals surface area contributed by atoms with Gasteiger partial charge in [0.1, 0.15) is 5.75 Å². The molecule has 0 fully saturated rings. The molecule has 0 atom stereocenters. The Bertz CT molecular complexity index is 406. The van der Waals surface area contributed by atoms with Gasteiger partial charge in [-0.15, -0.1) is 0 Å². The van der Waals surface area contributed by atoms with Crippen LogP contribution in [0.5, 0.6) is 5.75 Å². The first-order chi connectivity index (χ1) is 9.20. The molecule has 1 rings (SSSR count). The summed E-state index contributed by atoms with van der Waals surface area (Å²) in [5.74, 6) is 0.0379. The van der Waals surface area contributed by atoms with Crippen molar-refractivity contribution in [3.05, 3.63) is 23.8 Å². The predicted molar refractivity (Wildman–Crippen MR) is 73.2 cm³/mol. The first kappa shape index (κ1) is 15.3. The fourth-order valence-electron chi connectivity index (χ4n) is 1.71. The Morgan fingerprint density at radius 1 is 1.26 bits per heavy atom. The van der Waals surface area contributed by atoms with Gasteiger partial charge in [0, 0.05) is 6.61 Å². The summed E-state index contributed by atoms with van der Waals surface area (Å²) in [7, 11) is 1.50. The third-order valence-electron chi connectivity index (χ3n) is 2.79. The number of para-hydroxylation sites is 1. The zero-order chi connectivity index (χ0) is 14.1. The van der Waals surface area contributed by atoms with Gasteiger partial charge in [0.25, 0.3) is 0 Å². The van der Waals surface area contributed by atoms with Crippen LogP contribution in [0.1, 0.15) is 36.0 Å². The number of hydrogen-bond acceptors (Lipinski definition) is 5. The molecule has 5 heteroatoms. The molecule has 0 aliphatic carbocycles. The highest BCUT2D eigenvalue weighted by molar-refractivity contribution is 5.96. The number of nitrogens with two attached hydrogens (primary N) is 1. The molecular weight excluding hydrogens is 246 g/mol. The van der Waals surface area contributed by atoms with Crippen LogP contribution in [0.3, 0.4) is 0 Å². The fourth-order valence-corrected chi connectivity index (χ4v) is 1.71. The molecule has 0 heterocycles. The molecule has 0 amide bonds.